The van der Waals surface area contributed by atoms with Crippen molar-refractivity contribution in [3.63, 3.8) is 0 Å². The molecule has 0 saturated carbocycles. The predicted molar refractivity (Wildman–Crippen MR) is 87.6 cm³/mol. The zero-order valence-electron chi connectivity index (χ0n) is 13.5. The molecule has 0 aromatic heterocycles. The molecule has 0 saturated heterocycles. The number of hydrogen-bond donors (Lipinski definition) is 1. The summed E-state index contributed by atoms with van der Waals surface area (Å²) in [6.07, 6.45) is -0.530. The summed E-state index contributed by atoms with van der Waals surface area (Å²) in [5, 5.41) is 9.47. The van der Waals surface area contributed by atoms with Crippen LogP contribution >= 0.6 is 0 Å². The van der Waals surface area contributed by atoms with Crippen molar-refractivity contribution < 1.29 is 14.6 Å². The van der Waals surface area contributed by atoms with Crippen molar-refractivity contribution in [2.75, 3.05) is 0 Å². The van der Waals surface area contributed by atoms with Gasteiger partial charge in [-0.25, -0.2) is 4.79 Å². The van der Waals surface area contributed by atoms with Crippen molar-refractivity contribution in [2.24, 2.45) is 0 Å². The number of carboxylic acids is 1. The summed E-state index contributed by atoms with van der Waals surface area (Å²) in [6.45, 7) is 7.99. The molecule has 0 spiro atoms. The Bertz CT molecular complexity index is 669. The van der Waals surface area contributed by atoms with Gasteiger partial charge >= 0.3 is 5.97 Å². The van der Waals surface area contributed by atoms with Crippen LogP contribution in [0.25, 0.3) is 0 Å². The zero-order valence-corrected chi connectivity index (χ0v) is 13.5. The fourth-order valence-electron chi connectivity index (χ4n) is 2.58. The minimum atomic E-state index is -0.944. The van der Waals surface area contributed by atoms with E-state index in [-0.39, 0.29) is 0 Å². The second-order valence-electron chi connectivity index (χ2n) is 5.83. The quantitative estimate of drug-likeness (QED) is 0.907. The molecule has 0 amide bonds. The molecule has 0 aliphatic rings. The maximum absolute atomic E-state index is 11.5. The van der Waals surface area contributed by atoms with Crippen LogP contribution in [0.2, 0.25) is 0 Å². The Morgan fingerprint density at radius 3 is 2.32 bits per heavy atom. The molecule has 2 aromatic rings. The Labute approximate surface area is 131 Å². The second-order valence-corrected chi connectivity index (χ2v) is 5.83. The molecule has 0 radical (unpaired) electrons. The summed E-state index contributed by atoms with van der Waals surface area (Å²) in [5.74, 6) is -0.338. The molecule has 0 fully saturated rings. The highest BCUT2D eigenvalue weighted by atomic mass is 16.5. The van der Waals surface area contributed by atoms with E-state index in [0.717, 1.165) is 27.8 Å². The van der Waals surface area contributed by atoms with E-state index in [1.165, 1.54) is 0 Å². The molecule has 3 nitrogen and oxygen atoms in total. The van der Waals surface area contributed by atoms with Crippen molar-refractivity contribution in [1.29, 1.82) is 0 Å². The molecule has 0 unspecified atom stereocenters. The highest BCUT2D eigenvalue weighted by Crippen LogP contribution is 2.21. The van der Waals surface area contributed by atoms with E-state index in [4.69, 9.17) is 4.74 Å². The zero-order chi connectivity index (χ0) is 16.3. The monoisotopic (exact) mass is 298 g/mol. The van der Waals surface area contributed by atoms with Crippen molar-refractivity contribution in [3.05, 3.63) is 64.2 Å². The van der Waals surface area contributed by atoms with Gasteiger partial charge in [-0.1, -0.05) is 24.3 Å². The van der Waals surface area contributed by atoms with Crippen molar-refractivity contribution in [2.45, 2.75) is 40.2 Å². The lowest BCUT2D eigenvalue weighted by Crippen LogP contribution is -2.29. The maximum atomic E-state index is 11.5. The number of aryl methyl sites for hydroxylation is 3. The molecule has 3 heteroatoms. The van der Waals surface area contributed by atoms with E-state index in [0.29, 0.717) is 12.2 Å². The van der Waals surface area contributed by atoms with E-state index < -0.39 is 12.1 Å². The molecule has 1 atom stereocenters. The Hall–Kier alpha value is -2.29. The third-order valence-electron chi connectivity index (χ3n) is 3.87. The summed E-state index contributed by atoms with van der Waals surface area (Å²) in [7, 11) is 0. The molecule has 22 heavy (non-hydrogen) atoms. The summed E-state index contributed by atoms with van der Waals surface area (Å²) < 4.78 is 5.74. The average Bonchev–Trinajstić information content (AvgIpc) is 2.41. The van der Waals surface area contributed by atoms with Gasteiger partial charge in [0.2, 0.25) is 0 Å². The normalized spacial score (nSPS) is 12.0. The van der Waals surface area contributed by atoms with Crippen LogP contribution in [0, 0.1) is 27.7 Å². The first-order chi connectivity index (χ1) is 10.4. The Morgan fingerprint density at radius 1 is 1.09 bits per heavy atom. The van der Waals surface area contributed by atoms with Crippen LogP contribution in [0.15, 0.2) is 36.4 Å². The molecule has 1 N–H and O–H groups in total. The lowest BCUT2D eigenvalue weighted by molar-refractivity contribution is -0.145. The predicted octanol–water partition coefficient (Wildman–Crippen LogP) is 3.99. The summed E-state index contributed by atoms with van der Waals surface area (Å²) in [4.78, 5) is 11.5. The van der Waals surface area contributed by atoms with Crippen molar-refractivity contribution >= 4 is 5.97 Å². The van der Waals surface area contributed by atoms with Gasteiger partial charge in [-0.2, -0.15) is 0 Å². The Kier molecular flexibility index (Phi) is 4.86. The molecule has 0 bridgehead atoms. The highest BCUT2D eigenvalue weighted by molar-refractivity contribution is 5.73. The van der Waals surface area contributed by atoms with E-state index >= 15 is 0 Å². The van der Waals surface area contributed by atoms with E-state index in [9.17, 15) is 9.90 Å². The van der Waals surface area contributed by atoms with Crippen LogP contribution in [0.5, 0.6) is 5.75 Å². The molecule has 0 aliphatic carbocycles. The first kappa shape index (κ1) is 16.1. The van der Waals surface area contributed by atoms with Gasteiger partial charge in [0.15, 0.2) is 6.10 Å². The minimum absolute atomic E-state index is 0.357. The third-order valence-corrected chi connectivity index (χ3v) is 3.87. The number of carboxylic acid groups (broad SMARTS) is 1. The summed E-state index contributed by atoms with van der Waals surface area (Å²) in [6, 6.07) is 11.7. The van der Waals surface area contributed by atoms with Gasteiger partial charge in [-0.05, 0) is 67.6 Å². The van der Waals surface area contributed by atoms with Gasteiger partial charge in [-0.3, -0.25) is 0 Å². The van der Waals surface area contributed by atoms with Gasteiger partial charge in [0.25, 0.3) is 0 Å². The molecule has 0 heterocycles. The van der Waals surface area contributed by atoms with E-state index in [1.54, 1.807) is 0 Å². The Morgan fingerprint density at radius 2 is 1.73 bits per heavy atom. The highest BCUT2D eigenvalue weighted by Gasteiger charge is 2.21. The van der Waals surface area contributed by atoms with Gasteiger partial charge < -0.3 is 9.84 Å². The second kappa shape index (κ2) is 6.65. The summed E-state index contributed by atoms with van der Waals surface area (Å²) >= 11 is 0. The number of benzene rings is 2. The smallest absolute Gasteiger partial charge is 0.345 e. The number of aliphatic carboxylic acids is 1. The Balaban J connectivity index is 2.23. The molecule has 116 valence electrons. The van der Waals surface area contributed by atoms with Gasteiger partial charge in [-0.15, -0.1) is 0 Å². The first-order valence-electron chi connectivity index (χ1n) is 7.39. The maximum Gasteiger partial charge on any atom is 0.345 e. The van der Waals surface area contributed by atoms with E-state index in [2.05, 4.69) is 0 Å². The van der Waals surface area contributed by atoms with Crippen LogP contribution < -0.4 is 4.74 Å². The molecular formula is C19H22O3. The van der Waals surface area contributed by atoms with Crippen molar-refractivity contribution in [3.8, 4) is 5.75 Å². The molecule has 2 rings (SSSR count). The third kappa shape index (κ3) is 3.88. The van der Waals surface area contributed by atoms with Crippen LogP contribution in [-0.4, -0.2) is 17.2 Å². The lowest BCUT2D eigenvalue weighted by atomic mass is 9.98. The van der Waals surface area contributed by atoms with Crippen molar-refractivity contribution in [1.82, 2.24) is 0 Å². The average molecular weight is 298 g/mol. The summed E-state index contributed by atoms with van der Waals surface area (Å²) in [5.41, 5.74) is 5.42. The fourth-order valence-corrected chi connectivity index (χ4v) is 2.58. The number of rotatable bonds is 5. The van der Waals surface area contributed by atoms with Gasteiger partial charge in [0.1, 0.15) is 5.75 Å². The van der Waals surface area contributed by atoms with Crippen LogP contribution in [0.3, 0.4) is 0 Å². The fraction of sp³-hybridized carbons (Fsp3) is 0.316. The number of hydrogen-bond acceptors (Lipinski definition) is 2. The number of ether oxygens (including phenoxy) is 1. The topological polar surface area (TPSA) is 46.5 Å². The number of carbonyl (C=O) groups is 1. The first-order valence-corrected chi connectivity index (χ1v) is 7.39. The SMILES string of the molecule is Cc1cc(C)cc(O[C@@H](Cc2cccc(C)c2C)C(=O)O)c1. The molecular weight excluding hydrogens is 276 g/mol. The largest absolute Gasteiger partial charge is 0.478 e. The van der Waals surface area contributed by atoms with Crippen LogP contribution in [0.4, 0.5) is 0 Å². The molecule has 0 aliphatic heterocycles. The van der Waals surface area contributed by atoms with Gasteiger partial charge in [0, 0.05) is 6.42 Å². The van der Waals surface area contributed by atoms with Crippen LogP contribution in [0.1, 0.15) is 27.8 Å². The van der Waals surface area contributed by atoms with Gasteiger partial charge in [0.05, 0.1) is 0 Å². The van der Waals surface area contributed by atoms with E-state index in [1.807, 2.05) is 64.1 Å². The van der Waals surface area contributed by atoms with Crippen LogP contribution in [-0.2, 0) is 11.2 Å². The molecule has 2 aromatic carbocycles. The lowest BCUT2D eigenvalue weighted by Gasteiger charge is -2.18. The minimum Gasteiger partial charge on any atom is -0.478 e. The standard InChI is InChI=1S/C19H22O3/c1-12-8-13(2)10-17(9-12)22-18(19(20)21)11-16-7-5-6-14(3)15(16)4/h5-10,18H,11H2,1-4H3,(H,20,21)/t18-/m0/s1.